The molecule has 0 spiro atoms. The number of Topliss-reactive ketones (excluding diaryl/α,β-unsaturated/α-hetero) is 1. The number of ketones is 1. The number of hydrogen-bond acceptors (Lipinski definition) is 4. The van der Waals surface area contributed by atoms with E-state index >= 15 is 0 Å². The van der Waals surface area contributed by atoms with Crippen molar-refractivity contribution in [1.29, 1.82) is 0 Å². The molecule has 0 saturated heterocycles. The predicted octanol–water partition coefficient (Wildman–Crippen LogP) is 2.33. The van der Waals surface area contributed by atoms with E-state index in [4.69, 9.17) is 9.47 Å². The minimum atomic E-state index is -1.66. The number of hydrogen-bond donors (Lipinski definition) is 1. The SMILES string of the molecule is CC(C)=CC1(O)C(=O)C(OC(C)C)=C1OC(C)C. The molecule has 4 heteroatoms. The summed E-state index contributed by atoms with van der Waals surface area (Å²) in [6, 6.07) is 0. The van der Waals surface area contributed by atoms with E-state index in [-0.39, 0.29) is 23.7 Å². The summed E-state index contributed by atoms with van der Waals surface area (Å²) in [5, 5.41) is 10.4. The van der Waals surface area contributed by atoms with E-state index in [0.29, 0.717) is 0 Å². The van der Waals surface area contributed by atoms with Gasteiger partial charge in [-0.15, -0.1) is 0 Å². The lowest BCUT2D eigenvalue weighted by atomic mass is 9.81. The molecule has 0 bridgehead atoms. The Labute approximate surface area is 108 Å². The highest BCUT2D eigenvalue weighted by molar-refractivity contribution is 6.11. The Morgan fingerprint density at radius 2 is 1.67 bits per heavy atom. The van der Waals surface area contributed by atoms with E-state index in [1.165, 1.54) is 6.08 Å². The fourth-order valence-corrected chi connectivity index (χ4v) is 1.76. The van der Waals surface area contributed by atoms with Gasteiger partial charge in [0.25, 0.3) is 0 Å². The lowest BCUT2D eigenvalue weighted by molar-refractivity contribution is -0.144. The van der Waals surface area contributed by atoms with Crippen molar-refractivity contribution < 1.29 is 19.4 Å². The molecule has 1 N–H and O–H groups in total. The fraction of sp³-hybridized carbons (Fsp3) is 0.643. The Hall–Kier alpha value is -1.29. The maximum atomic E-state index is 12.0. The van der Waals surface area contributed by atoms with Crippen LogP contribution in [0.3, 0.4) is 0 Å². The van der Waals surface area contributed by atoms with E-state index < -0.39 is 11.4 Å². The van der Waals surface area contributed by atoms with Gasteiger partial charge in [0.05, 0.1) is 12.2 Å². The highest BCUT2D eigenvalue weighted by Gasteiger charge is 2.55. The van der Waals surface area contributed by atoms with Crippen LogP contribution in [0.5, 0.6) is 0 Å². The van der Waals surface area contributed by atoms with Gasteiger partial charge in [0.2, 0.25) is 17.1 Å². The van der Waals surface area contributed by atoms with Crippen LogP contribution < -0.4 is 0 Å². The molecule has 0 radical (unpaired) electrons. The van der Waals surface area contributed by atoms with Crippen LogP contribution in [-0.2, 0) is 14.3 Å². The summed E-state index contributed by atoms with van der Waals surface area (Å²) in [5.41, 5.74) is -0.813. The molecule has 1 aliphatic rings. The molecule has 4 nitrogen and oxygen atoms in total. The van der Waals surface area contributed by atoms with Gasteiger partial charge in [-0.05, 0) is 47.6 Å². The molecule has 0 fully saturated rings. The second-order valence-corrected chi connectivity index (χ2v) is 5.31. The summed E-state index contributed by atoms with van der Waals surface area (Å²) in [5.74, 6) is -0.0795. The van der Waals surface area contributed by atoms with Gasteiger partial charge in [-0.3, -0.25) is 4.79 Å². The Kier molecular flexibility index (Phi) is 4.22. The fourth-order valence-electron chi connectivity index (χ4n) is 1.76. The van der Waals surface area contributed by atoms with Gasteiger partial charge >= 0.3 is 0 Å². The Morgan fingerprint density at radius 1 is 1.17 bits per heavy atom. The van der Waals surface area contributed by atoms with Crippen LogP contribution in [0, 0.1) is 0 Å². The summed E-state index contributed by atoms with van der Waals surface area (Å²) in [4.78, 5) is 12.0. The third-order valence-electron chi connectivity index (χ3n) is 2.31. The number of aliphatic hydroxyl groups is 1. The Morgan fingerprint density at radius 3 is 2.06 bits per heavy atom. The molecular formula is C14H22O4. The van der Waals surface area contributed by atoms with E-state index in [2.05, 4.69) is 0 Å². The average molecular weight is 254 g/mol. The first-order valence-electron chi connectivity index (χ1n) is 6.19. The van der Waals surface area contributed by atoms with Crippen molar-refractivity contribution in [1.82, 2.24) is 0 Å². The minimum Gasteiger partial charge on any atom is -0.487 e. The zero-order chi connectivity index (χ0) is 14.1. The third kappa shape index (κ3) is 2.75. The van der Waals surface area contributed by atoms with E-state index in [1.807, 2.05) is 41.5 Å². The molecule has 1 atom stereocenters. The van der Waals surface area contributed by atoms with Crippen molar-refractivity contribution in [3.05, 3.63) is 23.2 Å². The third-order valence-corrected chi connectivity index (χ3v) is 2.31. The van der Waals surface area contributed by atoms with Crippen molar-refractivity contribution in [2.24, 2.45) is 0 Å². The van der Waals surface area contributed by atoms with Crippen molar-refractivity contribution in [2.75, 3.05) is 0 Å². The van der Waals surface area contributed by atoms with E-state index in [9.17, 15) is 9.90 Å². The lowest BCUT2D eigenvalue weighted by Gasteiger charge is -2.38. The molecule has 102 valence electrons. The van der Waals surface area contributed by atoms with Crippen LogP contribution in [0.1, 0.15) is 41.5 Å². The normalized spacial score (nSPS) is 23.3. The molecule has 0 amide bonds. The molecule has 0 heterocycles. The Bertz CT molecular complexity index is 400. The molecule has 1 unspecified atom stereocenters. The topological polar surface area (TPSA) is 55.8 Å². The first kappa shape index (κ1) is 14.8. The van der Waals surface area contributed by atoms with Crippen LogP contribution in [-0.4, -0.2) is 28.7 Å². The zero-order valence-corrected chi connectivity index (χ0v) is 11.9. The number of rotatable bonds is 5. The van der Waals surface area contributed by atoms with Crippen molar-refractivity contribution in [3.8, 4) is 0 Å². The summed E-state index contributed by atoms with van der Waals surface area (Å²) in [6.45, 7) is 11.0. The van der Waals surface area contributed by atoms with Gasteiger partial charge in [0.15, 0.2) is 5.76 Å². The van der Waals surface area contributed by atoms with Gasteiger partial charge in [0.1, 0.15) is 0 Å². The molecule has 0 saturated carbocycles. The lowest BCUT2D eigenvalue weighted by Crippen LogP contribution is -2.52. The number of ether oxygens (including phenoxy) is 2. The number of carbonyl (C=O) groups excluding carboxylic acids is 1. The maximum Gasteiger partial charge on any atom is 0.244 e. The van der Waals surface area contributed by atoms with Crippen LogP contribution in [0.15, 0.2) is 23.2 Å². The predicted molar refractivity (Wildman–Crippen MR) is 68.9 cm³/mol. The Balaban J connectivity index is 3.13. The minimum absolute atomic E-state index is 0.129. The van der Waals surface area contributed by atoms with Crippen LogP contribution in [0.2, 0.25) is 0 Å². The second-order valence-electron chi connectivity index (χ2n) is 5.31. The summed E-state index contributed by atoms with van der Waals surface area (Å²) in [7, 11) is 0. The van der Waals surface area contributed by atoms with Crippen LogP contribution in [0.4, 0.5) is 0 Å². The van der Waals surface area contributed by atoms with Gasteiger partial charge < -0.3 is 14.6 Å². The van der Waals surface area contributed by atoms with E-state index in [1.54, 1.807) is 0 Å². The summed E-state index contributed by atoms with van der Waals surface area (Å²) < 4.78 is 10.9. The molecule has 0 aromatic rings. The van der Waals surface area contributed by atoms with Crippen molar-refractivity contribution in [3.63, 3.8) is 0 Å². The summed E-state index contributed by atoms with van der Waals surface area (Å²) in [6.07, 6.45) is 1.24. The summed E-state index contributed by atoms with van der Waals surface area (Å²) >= 11 is 0. The smallest absolute Gasteiger partial charge is 0.244 e. The maximum absolute atomic E-state index is 12.0. The monoisotopic (exact) mass is 254 g/mol. The van der Waals surface area contributed by atoms with Crippen molar-refractivity contribution in [2.45, 2.75) is 59.4 Å². The first-order chi connectivity index (χ1) is 8.18. The van der Waals surface area contributed by atoms with Gasteiger partial charge in [-0.2, -0.15) is 0 Å². The van der Waals surface area contributed by atoms with E-state index in [0.717, 1.165) is 5.57 Å². The molecule has 18 heavy (non-hydrogen) atoms. The molecule has 1 rings (SSSR count). The van der Waals surface area contributed by atoms with Gasteiger partial charge in [-0.25, -0.2) is 0 Å². The average Bonchev–Trinajstić information content (AvgIpc) is 2.21. The second kappa shape index (κ2) is 5.14. The van der Waals surface area contributed by atoms with Crippen molar-refractivity contribution >= 4 is 5.78 Å². The molecule has 0 aliphatic heterocycles. The van der Waals surface area contributed by atoms with Crippen LogP contribution in [0.25, 0.3) is 0 Å². The molecular weight excluding hydrogens is 232 g/mol. The number of carbonyl (C=O) groups is 1. The molecule has 1 aliphatic carbocycles. The highest BCUT2D eigenvalue weighted by Crippen LogP contribution is 2.39. The zero-order valence-electron chi connectivity index (χ0n) is 11.9. The van der Waals surface area contributed by atoms with Gasteiger partial charge in [-0.1, -0.05) is 5.57 Å². The number of allylic oxidation sites excluding steroid dienone is 1. The molecule has 0 aromatic heterocycles. The highest BCUT2D eigenvalue weighted by atomic mass is 16.5. The quantitative estimate of drug-likeness (QED) is 0.765. The van der Waals surface area contributed by atoms with Gasteiger partial charge in [0, 0.05) is 0 Å². The standard InChI is InChI=1S/C14H22O4/c1-8(2)7-14(16)12(15)11(17-9(3)4)13(14)18-10(5)6/h7,9-10,16H,1-6H3. The van der Waals surface area contributed by atoms with Crippen LogP contribution >= 0.6 is 0 Å². The first-order valence-corrected chi connectivity index (χ1v) is 6.19. The largest absolute Gasteiger partial charge is 0.487 e. The molecule has 0 aromatic carbocycles.